The quantitative estimate of drug-likeness (QED) is 0.555. The Balaban J connectivity index is 1.54. The number of aliphatic hydroxyl groups excluding tert-OH is 2. The maximum absolute atomic E-state index is 12.0. The minimum Gasteiger partial charge on any atom is -0.459 e. The lowest BCUT2D eigenvalue weighted by Gasteiger charge is -2.66. The Morgan fingerprint density at radius 2 is 1.94 bits per heavy atom. The Morgan fingerprint density at radius 1 is 1.19 bits per heavy atom. The van der Waals surface area contributed by atoms with Crippen molar-refractivity contribution in [1.82, 2.24) is 0 Å². The molecule has 0 spiro atoms. The third kappa shape index (κ3) is 2.96. The summed E-state index contributed by atoms with van der Waals surface area (Å²) in [6.45, 7) is 5.95. The second-order valence-electron chi connectivity index (χ2n) is 11.6. The van der Waals surface area contributed by atoms with Crippen LogP contribution in [0, 0.1) is 34.5 Å². The molecule has 0 aromatic carbocycles. The summed E-state index contributed by atoms with van der Waals surface area (Å²) in [5.74, 6) is -0.268. The van der Waals surface area contributed by atoms with Gasteiger partial charge in [-0.2, -0.15) is 0 Å². The predicted octanol–water partition coefficient (Wildman–Crippen LogP) is 2.12. The molecule has 0 saturated heterocycles. The van der Waals surface area contributed by atoms with E-state index in [9.17, 15) is 24.9 Å². The van der Waals surface area contributed by atoms with Crippen LogP contribution in [0.3, 0.4) is 0 Å². The molecular formula is C25H36O7. The molecule has 0 radical (unpaired) electrons. The molecule has 0 aromatic heterocycles. The van der Waals surface area contributed by atoms with Crippen molar-refractivity contribution in [3.8, 4) is 0 Å². The van der Waals surface area contributed by atoms with Crippen LogP contribution in [0.4, 0.5) is 0 Å². The highest BCUT2D eigenvalue weighted by molar-refractivity contribution is 5.85. The number of esters is 2. The Labute approximate surface area is 189 Å². The minimum atomic E-state index is -1.36. The summed E-state index contributed by atoms with van der Waals surface area (Å²) in [7, 11) is 0. The summed E-state index contributed by atoms with van der Waals surface area (Å²) in [6.07, 6.45) is 4.01. The molecule has 7 heteroatoms. The fourth-order valence-corrected chi connectivity index (χ4v) is 8.90. The monoisotopic (exact) mass is 448 g/mol. The summed E-state index contributed by atoms with van der Waals surface area (Å²) in [5, 5.41) is 33.9. The Hall–Kier alpha value is -1.44. The maximum Gasteiger partial charge on any atom is 0.331 e. The van der Waals surface area contributed by atoms with Gasteiger partial charge >= 0.3 is 11.9 Å². The second kappa shape index (κ2) is 7.28. The molecule has 0 unspecified atom stereocenters. The van der Waals surface area contributed by atoms with Crippen LogP contribution in [0.25, 0.3) is 0 Å². The molecule has 4 fully saturated rings. The van der Waals surface area contributed by atoms with Gasteiger partial charge in [-0.05, 0) is 73.2 Å². The highest BCUT2D eigenvalue weighted by atomic mass is 16.6. The van der Waals surface area contributed by atoms with Crippen LogP contribution in [0.15, 0.2) is 11.6 Å². The van der Waals surface area contributed by atoms with E-state index in [1.54, 1.807) is 6.08 Å². The molecule has 4 saturated carbocycles. The van der Waals surface area contributed by atoms with Crippen LogP contribution >= 0.6 is 0 Å². The van der Waals surface area contributed by atoms with Crippen molar-refractivity contribution in [2.45, 2.75) is 89.6 Å². The van der Waals surface area contributed by atoms with E-state index < -0.39 is 35.3 Å². The first-order valence-electron chi connectivity index (χ1n) is 12.1. The fourth-order valence-electron chi connectivity index (χ4n) is 8.90. The third-order valence-electron chi connectivity index (χ3n) is 10.2. The Bertz CT molecular complexity index is 853. The van der Waals surface area contributed by atoms with Gasteiger partial charge in [-0.25, -0.2) is 4.79 Å². The fraction of sp³-hybridized carbons (Fsp3) is 0.840. The summed E-state index contributed by atoms with van der Waals surface area (Å²) in [4.78, 5) is 23.7. The molecule has 5 rings (SSSR count). The van der Waals surface area contributed by atoms with E-state index in [1.807, 2.05) is 6.92 Å². The van der Waals surface area contributed by atoms with Gasteiger partial charge in [0.1, 0.15) is 18.3 Å². The van der Waals surface area contributed by atoms with Crippen LogP contribution in [0.2, 0.25) is 0 Å². The van der Waals surface area contributed by atoms with Gasteiger partial charge in [-0.15, -0.1) is 0 Å². The van der Waals surface area contributed by atoms with Crippen molar-refractivity contribution < 1.29 is 34.4 Å². The molecule has 178 valence electrons. The van der Waals surface area contributed by atoms with E-state index >= 15 is 0 Å². The van der Waals surface area contributed by atoms with Crippen molar-refractivity contribution in [3.05, 3.63) is 11.6 Å². The zero-order valence-electron chi connectivity index (χ0n) is 19.3. The number of carbonyl (C=O) groups excluding carboxylic acids is 2. The van der Waals surface area contributed by atoms with Crippen molar-refractivity contribution in [1.29, 1.82) is 0 Å². The van der Waals surface area contributed by atoms with E-state index in [2.05, 4.69) is 6.92 Å². The lowest BCUT2D eigenvalue weighted by Crippen LogP contribution is -2.71. The molecule has 0 aromatic rings. The highest BCUT2D eigenvalue weighted by Crippen LogP contribution is 2.69. The number of hydrogen-bond donors (Lipinski definition) is 3. The summed E-state index contributed by atoms with van der Waals surface area (Å²) in [6, 6.07) is 0. The summed E-state index contributed by atoms with van der Waals surface area (Å²) < 4.78 is 10.9. The molecule has 0 amide bonds. The standard InChI is InChI=1S/C25H36O7/c1-13(26)32-20-9-16-18-5-4-17(14-8-21(29)31-12-14)23(18,2)11-19(28)22(16)24(3)7-6-15(27)10-25(20,24)30/h8,15-20,22,27-28,30H,4-7,9-12H2,1-3H3/t15-,16-,17+,18-,19+,20-,22+,23+,24+,25-/m0/s1. The second-order valence-corrected chi connectivity index (χ2v) is 11.6. The molecule has 3 N–H and O–H groups in total. The molecule has 5 aliphatic rings. The van der Waals surface area contributed by atoms with Gasteiger partial charge in [0, 0.05) is 24.8 Å². The van der Waals surface area contributed by atoms with Crippen molar-refractivity contribution in [2.75, 3.05) is 6.61 Å². The third-order valence-corrected chi connectivity index (χ3v) is 10.2. The average Bonchev–Trinajstić information content (AvgIpc) is 3.25. The molecule has 4 aliphatic carbocycles. The highest BCUT2D eigenvalue weighted by Gasteiger charge is 2.70. The van der Waals surface area contributed by atoms with Crippen molar-refractivity contribution in [3.63, 3.8) is 0 Å². The zero-order chi connectivity index (χ0) is 23.1. The number of rotatable bonds is 2. The van der Waals surface area contributed by atoms with Gasteiger partial charge in [-0.3, -0.25) is 4.79 Å². The first kappa shape index (κ1) is 22.4. The largest absolute Gasteiger partial charge is 0.459 e. The van der Waals surface area contributed by atoms with Gasteiger partial charge in [0.25, 0.3) is 0 Å². The van der Waals surface area contributed by atoms with Gasteiger partial charge in [0.05, 0.1) is 12.2 Å². The molecule has 32 heavy (non-hydrogen) atoms. The SMILES string of the molecule is CC(=O)O[C@H]1C[C@@H]2[C@H]([C@H](O)C[C@]3(C)[C@@H](C4=CC(=O)OC4)CC[C@@H]23)[C@@]2(C)CC[C@H](O)C[C@]12O. The van der Waals surface area contributed by atoms with Gasteiger partial charge in [0.2, 0.25) is 0 Å². The molecule has 7 nitrogen and oxygen atoms in total. The van der Waals surface area contributed by atoms with Crippen LogP contribution in [-0.2, 0) is 19.1 Å². The topological polar surface area (TPSA) is 113 Å². The molecular weight excluding hydrogens is 412 g/mol. The van der Waals surface area contributed by atoms with Crippen LogP contribution in [0.5, 0.6) is 0 Å². The number of ether oxygens (including phenoxy) is 2. The van der Waals surface area contributed by atoms with Gasteiger partial charge in [-0.1, -0.05) is 13.8 Å². The van der Waals surface area contributed by atoms with Crippen LogP contribution in [-0.4, -0.2) is 57.8 Å². The van der Waals surface area contributed by atoms with Crippen molar-refractivity contribution in [2.24, 2.45) is 34.5 Å². The molecule has 10 atom stereocenters. The number of cyclic esters (lactones) is 1. The van der Waals surface area contributed by atoms with Gasteiger partial charge < -0.3 is 24.8 Å². The van der Waals surface area contributed by atoms with E-state index in [0.29, 0.717) is 38.2 Å². The minimum absolute atomic E-state index is 0.0947. The van der Waals surface area contributed by atoms with E-state index in [0.717, 1.165) is 18.4 Å². The number of aliphatic hydroxyl groups is 3. The molecule has 0 bridgehead atoms. The van der Waals surface area contributed by atoms with Gasteiger partial charge in [0.15, 0.2) is 0 Å². The van der Waals surface area contributed by atoms with Crippen LogP contribution in [0.1, 0.15) is 65.7 Å². The van der Waals surface area contributed by atoms with E-state index in [1.165, 1.54) is 6.92 Å². The summed E-state index contributed by atoms with van der Waals surface area (Å²) >= 11 is 0. The lowest BCUT2D eigenvalue weighted by atomic mass is 9.41. The predicted molar refractivity (Wildman–Crippen MR) is 114 cm³/mol. The van der Waals surface area contributed by atoms with E-state index in [4.69, 9.17) is 9.47 Å². The number of carbonyl (C=O) groups is 2. The Morgan fingerprint density at radius 3 is 2.59 bits per heavy atom. The number of hydrogen-bond acceptors (Lipinski definition) is 7. The Kier molecular flexibility index (Phi) is 5.08. The first-order chi connectivity index (χ1) is 15.0. The zero-order valence-corrected chi connectivity index (χ0v) is 19.3. The lowest BCUT2D eigenvalue weighted by molar-refractivity contribution is -0.285. The van der Waals surface area contributed by atoms with Crippen molar-refractivity contribution >= 4 is 11.9 Å². The number of fused-ring (bicyclic) bond motifs is 5. The normalized spacial score (nSPS) is 52.4. The molecule has 1 aliphatic heterocycles. The first-order valence-corrected chi connectivity index (χ1v) is 12.1. The molecule has 1 heterocycles. The smallest absolute Gasteiger partial charge is 0.331 e. The maximum atomic E-state index is 12.0. The average molecular weight is 449 g/mol. The van der Waals surface area contributed by atoms with E-state index in [-0.39, 0.29) is 35.6 Å². The van der Waals surface area contributed by atoms with Crippen LogP contribution < -0.4 is 0 Å². The summed E-state index contributed by atoms with van der Waals surface area (Å²) in [5.41, 5.74) is -1.17.